The van der Waals surface area contributed by atoms with Crippen LogP contribution in [0.5, 0.6) is 0 Å². The van der Waals surface area contributed by atoms with E-state index in [2.05, 4.69) is 9.97 Å². The summed E-state index contributed by atoms with van der Waals surface area (Å²) in [6, 6.07) is 0. The normalized spacial score (nSPS) is 14.2. The monoisotopic (exact) mass is 326 g/mol. The molecular weight excluding hydrogens is 308 g/mol. The Kier molecular flexibility index (Phi) is 3.49. The molecule has 23 heavy (non-hydrogen) atoms. The summed E-state index contributed by atoms with van der Waals surface area (Å²) in [4.78, 5) is 26.3. The number of thiophene rings is 1. The minimum absolute atomic E-state index is 0.00734. The largest absolute Gasteiger partial charge is 0.290 e. The molecule has 5 nitrogen and oxygen atoms in total. The number of aryl methyl sites for hydroxylation is 3. The standard InChI is InChI=1S/C17H18N4OS/c1-10-8-23-16-15(10)18-9-21(17(16)22)7-14-19-11(2)12-5-3-4-6-13(12)20-14/h8-9H,3-7H2,1-2H3. The molecule has 0 radical (unpaired) electrons. The Bertz CT molecular complexity index is 957. The van der Waals surface area contributed by atoms with Gasteiger partial charge in [0.05, 0.1) is 18.4 Å². The molecule has 3 heterocycles. The lowest BCUT2D eigenvalue weighted by atomic mass is 9.95. The second-order valence-electron chi connectivity index (χ2n) is 6.13. The van der Waals surface area contributed by atoms with E-state index in [1.807, 2.05) is 19.2 Å². The molecule has 3 aromatic heterocycles. The van der Waals surface area contributed by atoms with Crippen LogP contribution in [0.25, 0.3) is 10.2 Å². The summed E-state index contributed by atoms with van der Waals surface area (Å²) in [5, 5.41) is 1.98. The number of rotatable bonds is 2. The van der Waals surface area contributed by atoms with Gasteiger partial charge in [-0.25, -0.2) is 15.0 Å². The predicted molar refractivity (Wildman–Crippen MR) is 91.1 cm³/mol. The van der Waals surface area contributed by atoms with Gasteiger partial charge in [-0.3, -0.25) is 9.36 Å². The summed E-state index contributed by atoms with van der Waals surface area (Å²) in [5.74, 6) is 0.708. The van der Waals surface area contributed by atoms with Crippen molar-refractivity contribution in [1.29, 1.82) is 0 Å². The maximum Gasteiger partial charge on any atom is 0.271 e. The third kappa shape index (κ3) is 2.47. The van der Waals surface area contributed by atoms with Crippen molar-refractivity contribution in [2.75, 3.05) is 0 Å². The molecule has 0 aromatic carbocycles. The van der Waals surface area contributed by atoms with Crippen LogP contribution >= 0.6 is 11.3 Å². The molecule has 6 heteroatoms. The van der Waals surface area contributed by atoms with Gasteiger partial charge in [0, 0.05) is 11.4 Å². The van der Waals surface area contributed by atoms with Crippen molar-refractivity contribution in [1.82, 2.24) is 19.5 Å². The Morgan fingerprint density at radius 3 is 2.91 bits per heavy atom. The van der Waals surface area contributed by atoms with Gasteiger partial charge < -0.3 is 0 Å². The molecule has 0 fully saturated rings. The van der Waals surface area contributed by atoms with E-state index >= 15 is 0 Å². The first-order valence-corrected chi connectivity index (χ1v) is 8.80. The summed E-state index contributed by atoms with van der Waals surface area (Å²) < 4.78 is 2.32. The number of hydrogen-bond acceptors (Lipinski definition) is 5. The molecule has 118 valence electrons. The van der Waals surface area contributed by atoms with Gasteiger partial charge in [-0.15, -0.1) is 11.3 Å². The molecule has 4 rings (SSSR count). The van der Waals surface area contributed by atoms with E-state index in [1.165, 1.54) is 29.7 Å². The first kappa shape index (κ1) is 14.5. The fourth-order valence-corrected chi connectivity index (χ4v) is 4.19. The van der Waals surface area contributed by atoms with Crippen molar-refractivity contribution in [3.8, 4) is 0 Å². The van der Waals surface area contributed by atoms with Crippen LogP contribution in [-0.2, 0) is 19.4 Å². The molecule has 0 spiro atoms. The van der Waals surface area contributed by atoms with Crippen LogP contribution in [0.15, 0.2) is 16.5 Å². The summed E-state index contributed by atoms with van der Waals surface area (Å²) in [6.07, 6.45) is 6.10. The fraction of sp³-hybridized carbons (Fsp3) is 0.412. The van der Waals surface area contributed by atoms with Crippen LogP contribution in [0.1, 0.15) is 41.2 Å². The lowest BCUT2D eigenvalue weighted by Gasteiger charge is -2.17. The van der Waals surface area contributed by atoms with E-state index in [4.69, 9.17) is 4.98 Å². The SMILES string of the molecule is Cc1nc(Cn2cnc3c(C)csc3c2=O)nc2c1CCCC2. The number of fused-ring (bicyclic) bond motifs is 2. The average molecular weight is 326 g/mol. The van der Waals surface area contributed by atoms with Crippen LogP contribution in [0.2, 0.25) is 0 Å². The van der Waals surface area contributed by atoms with Crippen molar-refractivity contribution in [3.63, 3.8) is 0 Å². The quantitative estimate of drug-likeness (QED) is 0.726. The molecule has 1 aliphatic carbocycles. The van der Waals surface area contributed by atoms with Crippen molar-refractivity contribution < 1.29 is 0 Å². The van der Waals surface area contributed by atoms with Gasteiger partial charge in [0.15, 0.2) is 0 Å². The van der Waals surface area contributed by atoms with Gasteiger partial charge in [0.2, 0.25) is 0 Å². The Morgan fingerprint density at radius 2 is 2.04 bits per heavy atom. The van der Waals surface area contributed by atoms with Crippen molar-refractivity contribution in [3.05, 3.63) is 50.4 Å². The summed E-state index contributed by atoms with van der Waals surface area (Å²) in [7, 11) is 0. The second-order valence-corrected chi connectivity index (χ2v) is 7.01. The van der Waals surface area contributed by atoms with E-state index in [0.29, 0.717) is 17.1 Å². The zero-order valence-electron chi connectivity index (χ0n) is 13.3. The molecule has 1 aliphatic rings. The van der Waals surface area contributed by atoms with Gasteiger partial charge in [-0.2, -0.15) is 0 Å². The minimum atomic E-state index is -0.00734. The topological polar surface area (TPSA) is 60.7 Å². The first-order valence-electron chi connectivity index (χ1n) is 7.92. The highest BCUT2D eigenvalue weighted by molar-refractivity contribution is 7.17. The molecule has 0 aliphatic heterocycles. The maximum atomic E-state index is 12.6. The summed E-state index contributed by atoms with van der Waals surface area (Å²) in [6.45, 7) is 4.40. The highest BCUT2D eigenvalue weighted by Gasteiger charge is 2.16. The molecule has 0 saturated carbocycles. The fourth-order valence-electron chi connectivity index (χ4n) is 3.24. The molecule has 0 atom stereocenters. The van der Waals surface area contributed by atoms with E-state index in [-0.39, 0.29) is 5.56 Å². The lowest BCUT2D eigenvalue weighted by Crippen LogP contribution is -2.22. The van der Waals surface area contributed by atoms with Crippen LogP contribution in [0.4, 0.5) is 0 Å². The zero-order valence-corrected chi connectivity index (χ0v) is 14.1. The van der Waals surface area contributed by atoms with Crippen LogP contribution in [-0.4, -0.2) is 19.5 Å². The van der Waals surface area contributed by atoms with Crippen LogP contribution in [0, 0.1) is 13.8 Å². The van der Waals surface area contributed by atoms with Gasteiger partial charge >= 0.3 is 0 Å². The molecule has 0 N–H and O–H groups in total. The number of hydrogen-bond donors (Lipinski definition) is 0. The third-order valence-corrected chi connectivity index (χ3v) is 5.55. The summed E-state index contributed by atoms with van der Waals surface area (Å²) in [5.41, 5.74) is 5.36. The van der Waals surface area contributed by atoms with Gasteiger partial charge in [0.1, 0.15) is 10.5 Å². The smallest absolute Gasteiger partial charge is 0.271 e. The molecule has 3 aromatic rings. The van der Waals surface area contributed by atoms with Gasteiger partial charge in [-0.05, 0) is 56.0 Å². The summed E-state index contributed by atoms with van der Waals surface area (Å²) >= 11 is 1.45. The first-order chi connectivity index (χ1) is 11.1. The molecule has 0 saturated heterocycles. The zero-order chi connectivity index (χ0) is 16.0. The maximum absolute atomic E-state index is 12.6. The van der Waals surface area contributed by atoms with Crippen molar-refractivity contribution >= 4 is 21.6 Å². The van der Waals surface area contributed by atoms with Crippen molar-refractivity contribution in [2.45, 2.75) is 46.1 Å². The molecular formula is C17H18N4OS. The van der Waals surface area contributed by atoms with E-state index in [9.17, 15) is 4.79 Å². The Balaban J connectivity index is 1.75. The van der Waals surface area contributed by atoms with Gasteiger partial charge in [-0.1, -0.05) is 0 Å². The Morgan fingerprint density at radius 1 is 1.22 bits per heavy atom. The average Bonchev–Trinajstić information content (AvgIpc) is 2.92. The van der Waals surface area contributed by atoms with Gasteiger partial charge in [0.25, 0.3) is 5.56 Å². The highest BCUT2D eigenvalue weighted by Crippen LogP contribution is 2.22. The number of aromatic nitrogens is 4. The third-order valence-electron chi connectivity index (χ3n) is 4.47. The van der Waals surface area contributed by atoms with Crippen LogP contribution in [0.3, 0.4) is 0 Å². The van der Waals surface area contributed by atoms with Crippen molar-refractivity contribution in [2.24, 2.45) is 0 Å². The Labute approximate surface area is 138 Å². The van der Waals surface area contributed by atoms with Crippen LogP contribution < -0.4 is 5.56 Å². The van der Waals surface area contributed by atoms with E-state index < -0.39 is 0 Å². The Hall–Kier alpha value is -2.08. The highest BCUT2D eigenvalue weighted by atomic mass is 32.1. The lowest BCUT2D eigenvalue weighted by molar-refractivity contribution is 0.631. The van der Waals surface area contributed by atoms with E-state index in [1.54, 1.807) is 10.9 Å². The predicted octanol–water partition coefficient (Wildman–Crippen LogP) is 2.79. The molecule has 0 unspecified atom stereocenters. The molecule has 0 amide bonds. The molecule has 0 bridgehead atoms. The second kappa shape index (κ2) is 5.53. The van der Waals surface area contributed by atoms with E-state index in [0.717, 1.165) is 35.3 Å². The minimum Gasteiger partial charge on any atom is -0.290 e. The number of nitrogens with zero attached hydrogens (tertiary/aromatic N) is 4.